The third-order valence-corrected chi connectivity index (χ3v) is 4.63. The summed E-state index contributed by atoms with van der Waals surface area (Å²) in [6.07, 6.45) is 0.771. The Kier molecular flexibility index (Phi) is 9.20. The normalized spacial score (nSPS) is 11.8. The molecule has 2 N–H and O–H groups in total. The summed E-state index contributed by atoms with van der Waals surface area (Å²) in [7, 11) is 5.16. The molecule has 2 amide bonds. The number of halogens is 2. The van der Waals surface area contributed by atoms with Gasteiger partial charge in [0.05, 0.1) is 13.7 Å². The Bertz CT molecular complexity index is 863. The van der Waals surface area contributed by atoms with Crippen molar-refractivity contribution in [1.29, 1.82) is 0 Å². The smallest absolute Gasteiger partial charge is 0.387 e. The number of rotatable bonds is 11. The first-order valence-electron chi connectivity index (χ1n) is 9.68. The lowest BCUT2D eigenvalue weighted by atomic mass is 10.1. The van der Waals surface area contributed by atoms with Crippen molar-refractivity contribution in [3.63, 3.8) is 0 Å². The standard InChI is InChI=1S/C22H27F2N3O4/c1-27(2)17(11-15-7-5-4-6-8-15)13-25-20(28)14-26-21(29)16-9-10-18(31-22(23)24)19(12-16)30-3/h4-10,12,17,22H,11,13-14H2,1-3H3,(H,25,28)(H,26,29). The average Bonchev–Trinajstić information content (AvgIpc) is 2.75. The Morgan fingerprint density at radius 1 is 1.03 bits per heavy atom. The largest absolute Gasteiger partial charge is 0.493 e. The van der Waals surface area contributed by atoms with Crippen molar-refractivity contribution in [3.8, 4) is 11.5 Å². The van der Waals surface area contributed by atoms with Gasteiger partial charge in [0.25, 0.3) is 5.91 Å². The molecule has 2 rings (SSSR count). The molecule has 0 aliphatic carbocycles. The van der Waals surface area contributed by atoms with E-state index in [9.17, 15) is 18.4 Å². The van der Waals surface area contributed by atoms with Crippen molar-refractivity contribution in [2.45, 2.75) is 19.1 Å². The van der Waals surface area contributed by atoms with E-state index >= 15 is 0 Å². The van der Waals surface area contributed by atoms with Gasteiger partial charge < -0.3 is 25.0 Å². The van der Waals surface area contributed by atoms with E-state index in [1.807, 2.05) is 49.3 Å². The van der Waals surface area contributed by atoms with Crippen molar-refractivity contribution in [1.82, 2.24) is 15.5 Å². The van der Waals surface area contributed by atoms with E-state index in [-0.39, 0.29) is 35.6 Å². The topological polar surface area (TPSA) is 79.9 Å². The van der Waals surface area contributed by atoms with Crippen molar-refractivity contribution in [2.24, 2.45) is 0 Å². The zero-order valence-electron chi connectivity index (χ0n) is 17.7. The van der Waals surface area contributed by atoms with Gasteiger partial charge in [-0.05, 0) is 44.3 Å². The van der Waals surface area contributed by atoms with E-state index < -0.39 is 12.5 Å². The van der Waals surface area contributed by atoms with Crippen LogP contribution in [0.15, 0.2) is 48.5 Å². The second-order valence-corrected chi connectivity index (χ2v) is 7.04. The molecule has 31 heavy (non-hydrogen) atoms. The molecule has 0 saturated carbocycles. The highest BCUT2D eigenvalue weighted by molar-refractivity contribution is 5.97. The predicted molar refractivity (Wildman–Crippen MR) is 113 cm³/mol. The number of ether oxygens (including phenoxy) is 2. The lowest BCUT2D eigenvalue weighted by Crippen LogP contribution is -2.44. The van der Waals surface area contributed by atoms with Crippen LogP contribution in [0.25, 0.3) is 0 Å². The predicted octanol–water partition coefficient (Wildman–Crippen LogP) is 2.32. The number of nitrogens with zero attached hydrogens (tertiary/aromatic N) is 1. The zero-order chi connectivity index (χ0) is 22.8. The van der Waals surface area contributed by atoms with E-state index in [2.05, 4.69) is 15.4 Å². The number of amides is 2. The Balaban J connectivity index is 1.86. The highest BCUT2D eigenvalue weighted by atomic mass is 19.3. The molecule has 0 aliphatic rings. The van der Waals surface area contributed by atoms with Crippen LogP contribution in [0.5, 0.6) is 11.5 Å². The minimum absolute atomic E-state index is 0.00728. The second-order valence-electron chi connectivity index (χ2n) is 7.04. The molecule has 2 aromatic carbocycles. The van der Waals surface area contributed by atoms with Crippen LogP contribution < -0.4 is 20.1 Å². The number of hydrogen-bond donors (Lipinski definition) is 2. The maximum atomic E-state index is 12.4. The molecule has 0 saturated heterocycles. The Morgan fingerprint density at radius 3 is 2.35 bits per heavy atom. The highest BCUT2D eigenvalue weighted by Gasteiger charge is 2.16. The summed E-state index contributed by atoms with van der Waals surface area (Å²) in [5.41, 5.74) is 1.32. The fourth-order valence-electron chi connectivity index (χ4n) is 2.88. The number of hydrogen-bond acceptors (Lipinski definition) is 5. The Labute approximate surface area is 180 Å². The highest BCUT2D eigenvalue weighted by Crippen LogP contribution is 2.29. The SMILES string of the molecule is COc1cc(C(=O)NCC(=O)NCC(Cc2ccccc2)N(C)C)ccc1OC(F)F. The number of alkyl halides is 2. The molecular formula is C22H27F2N3O4. The number of methoxy groups -OCH3 is 1. The quantitative estimate of drug-likeness (QED) is 0.566. The van der Waals surface area contributed by atoms with E-state index in [0.717, 1.165) is 12.0 Å². The lowest BCUT2D eigenvalue weighted by Gasteiger charge is -2.24. The van der Waals surface area contributed by atoms with Gasteiger partial charge >= 0.3 is 6.61 Å². The lowest BCUT2D eigenvalue weighted by molar-refractivity contribution is -0.120. The fraction of sp³-hybridized carbons (Fsp3) is 0.364. The van der Waals surface area contributed by atoms with Crippen molar-refractivity contribution >= 4 is 11.8 Å². The molecule has 0 bridgehead atoms. The molecule has 2 aromatic rings. The van der Waals surface area contributed by atoms with Crippen LogP contribution in [0.4, 0.5) is 8.78 Å². The maximum Gasteiger partial charge on any atom is 0.387 e. The van der Waals surface area contributed by atoms with Gasteiger partial charge in [0.15, 0.2) is 11.5 Å². The number of carbonyl (C=O) groups excluding carboxylic acids is 2. The van der Waals surface area contributed by atoms with Crippen LogP contribution in [0.3, 0.4) is 0 Å². The molecule has 0 radical (unpaired) electrons. The third kappa shape index (κ3) is 7.86. The van der Waals surface area contributed by atoms with Crippen LogP contribution in [-0.4, -0.2) is 63.7 Å². The number of nitrogens with one attached hydrogen (secondary N) is 2. The van der Waals surface area contributed by atoms with E-state index in [1.54, 1.807) is 0 Å². The minimum Gasteiger partial charge on any atom is -0.493 e. The van der Waals surface area contributed by atoms with E-state index in [4.69, 9.17) is 4.74 Å². The molecule has 168 valence electrons. The fourth-order valence-corrected chi connectivity index (χ4v) is 2.88. The van der Waals surface area contributed by atoms with E-state index in [1.165, 1.54) is 25.3 Å². The maximum absolute atomic E-state index is 12.4. The average molecular weight is 435 g/mol. The first kappa shape index (κ1) is 24.1. The van der Waals surface area contributed by atoms with Gasteiger partial charge in [0.2, 0.25) is 5.91 Å². The molecule has 0 aliphatic heterocycles. The van der Waals surface area contributed by atoms with Gasteiger partial charge in [0, 0.05) is 18.2 Å². The van der Waals surface area contributed by atoms with Crippen LogP contribution in [0.2, 0.25) is 0 Å². The summed E-state index contributed by atoms with van der Waals surface area (Å²) in [5.74, 6) is -1.06. The van der Waals surface area contributed by atoms with Crippen LogP contribution in [0, 0.1) is 0 Å². The number of carbonyl (C=O) groups is 2. The summed E-state index contributed by atoms with van der Waals surface area (Å²) >= 11 is 0. The molecule has 1 atom stereocenters. The van der Waals surface area contributed by atoms with Crippen molar-refractivity contribution < 1.29 is 27.8 Å². The van der Waals surface area contributed by atoms with E-state index in [0.29, 0.717) is 6.54 Å². The first-order valence-corrected chi connectivity index (χ1v) is 9.68. The second kappa shape index (κ2) is 11.8. The molecular weight excluding hydrogens is 408 g/mol. The van der Waals surface area contributed by atoms with Gasteiger partial charge in [-0.1, -0.05) is 30.3 Å². The van der Waals surface area contributed by atoms with Gasteiger partial charge in [-0.25, -0.2) is 0 Å². The first-order chi connectivity index (χ1) is 14.8. The van der Waals surface area contributed by atoms with Crippen LogP contribution >= 0.6 is 0 Å². The summed E-state index contributed by atoms with van der Waals surface area (Å²) < 4.78 is 34.1. The summed E-state index contributed by atoms with van der Waals surface area (Å²) in [5, 5.41) is 5.32. The Morgan fingerprint density at radius 2 is 1.74 bits per heavy atom. The molecule has 9 heteroatoms. The minimum atomic E-state index is -3.01. The molecule has 7 nitrogen and oxygen atoms in total. The van der Waals surface area contributed by atoms with Crippen LogP contribution in [-0.2, 0) is 11.2 Å². The van der Waals surface area contributed by atoms with Gasteiger partial charge in [-0.15, -0.1) is 0 Å². The van der Waals surface area contributed by atoms with Crippen molar-refractivity contribution in [2.75, 3.05) is 34.3 Å². The Hall–Kier alpha value is -3.20. The molecule has 0 spiro atoms. The number of benzene rings is 2. The summed E-state index contributed by atoms with van der Waals surface area (Å²) in [6.45, 7) is -2.81. The van der Waals surface area contributed by atoms with Crippen LogP contribution in [0.1, 0.15) is 15.9 Å². The van der Waals surface area contributed by atoms with Crippen molar-refractivity contribution in [3.05, 3.63) is 59.7 Å². The number of likely N-dealkylation sites (N-methyl/N-ethyl adjacent to an activating group) is 1. The zero-order valence-corrected chi connectivity index (χ0v) is 17.7. The molecule has 1 unspecified atom stereocenters. The summed E-state index contributed by atoms with van der Waals surface area (Å²) in [6, 6.07) is 13.8. The summed E-state index contributed by atoms with van der Waals surface area (Å²) in [4.78, 5) is 26.5. The van der Waals surface area contributed by atoms with Gasteiger partial charge in [0.1, 0.15) is 0 Å². The third-order valence-electron chi connectivity index (χ3n) is 4.63. The monoisotopic (exact) mass is 435 g/mol. The molecule has 0 aromatic heterocycles. The molecule has 0 heterocycles. The molecule has 0 fully saturated rings. The van der Waals surface area contributed by atoms with Gasteiger partial charge in [-0.3, -0.25) is 9.59 Å². The van der Waals surface area contributed by atoms with Gasteiger partial charge in [-0.2, -0.15) is 8.78 Å².